The monoisotopic (exact) mass is 272 g/mol. The molecule has 1 N–H and O–H groups in total. The SMILES string of the molecule is COCCN(C)CCNc1nc(C)nc(Cl)c1C. The quantitative estimate of drug-likeness (QED) is 0.766. The van der Waals surface area contributed by atoms with Crippen molar-refractivity contribution >= 4 is 17.4 Å². The summed E-state index contributed by atoms with van der Waals surface area (Å²) in [6.07, 6.45) is 0. The molecule has 1 rings (SSSR count). The molecule has 0 unspecified atom stereocenters. The van der Waals surface area contributed by atoms with Gasteiger partial charge >= 0.3 is 0 Å². The first kappa shape index (κ1) is 15.1. The fourth-order valence-electron chi connectivity index (χ4n) is 1.49. The molecule has 5 nitrogen and oxygen atoms in total. The molecular weight excluding hydrogens is 252 g/mol. The van der Waals surface area contributed by atoms with Gasteiger partial charge in [0, 0.05) is 32.3 Å². The lowest BCUT2D eigenvalue weighted by atomic mass is 10.3. The summed E-state index contributed by atoms with van der Waals surface area (Å²) in [5.41, 5.74) is 0.891. The number of rotatable bonds is 7. The summed E-state index contributed by atoms with van der Waals surface area (Å²) < 4.78 is 5.03. The van der Waals surface area contributed by atoms with Gasteiger partial charge in [0.05, 0.1) is 6.61 Å². The molecule has 0 aliphatic carbocycles. The molecular formula is C12H21ClN4O. The van der Waals surface area contributed by atoms with E-state index in [1.807, 2.05) is 13.8 Å². The normalized spacial score (nSPS) is 11.0. The largest absolute Gasteiger partial charge is 0.383 e. The Balaban J connectivity index is 2.44. The lowest BCUT2D eigenvalue weighted by molar-refractivity contribution is 0.163. The summed E-state index contributed by atoms with van der Waals surface area (Å²) in [4.78, 5) is 10.6. The minimum Gasteiger partial charge on any atom is -0.383 e. The van der Waals surface area contributed by atoms with Crippen LogP contribution in [0.15, 0.2) is 0 Å². The Morgan fingerprint density at radius 1 is 1.28 bits per heavy atom. The Hall–Kier alpha value is -0.910. The zero-order valence-corrected chi connectivity index (χ0v) is 12.2. The summed E-state index contributed by atoms with van der Waals surface area (Å²) in [6.45, 7) is 7.14. The Kier molecular flexibility index (Phi) is 6.32. The second-order valence-corrected chi connectivity index (χ2v) is 4.62. The average Bonchev–Trinajstić information content (AvgIpc) is 2.32. The van der Waals surface area contributed by atoms with Gasteiger partial charge in [0.1, 0.15) is 16.8 Å². The Morgan fingerprint density at radius 3 is 2.67 bits per heavy atom. The predicted octanol–water partition coefficient (Wildman–Crippen LogP) is 1.74. The van der Waals surface area contributed by atoms with Crippen molar-refractivity contribution in [2.75, 3.05) is 45.7 Å². The van der Waals surface area contributed by atoms with Crippen LogP contribution in [-0.4, -0.2) is 55.3 Å². The molecule has 0 aliphatic rings. The van der Waals surface area contributed by atoms with Crippen LogP contribution in [0.2, 0.25) is 5.15 Å². The van der Waals surface area contributed by atoms with Gasteiger partial charge in [-0.25, -0.2) is 9.97 Å². The van der Waals surface area contributed by atoms with Gasteiger partial charge in [-0.2, -0.15) is 0 Å². The molecule has 0 saturated carbocycles. The maximum absolute atomic E-state index is 6.01. The number of ether oxygens (including phenoxy) is 1. The highest BCUT2D eigenvalue weighted by molar-refractivity contribution is 6.30. The zero-order chi connectivity index (χ0) is 13.5. The van der Waals surface area contributed by atoms with Gasteiger partial charge in [-0.3, -0.25) is 0 Å². The van der Waals surface area contributed by atoms with Gasteiger partial charge in [-0.1, -0.05) is 11.6 Å². The molecule has 1 aromatic heterocycles. The summed E-state index contributed by atoms with van der Waals surface area (Å²) in [5.74, 6) is 1.49. The molecule has 0 saturated heterocycles. The molecule has 6 heteroatoms. The topological polar surface area (TPSA) is 50.3 Å². The first-order chi connectivity index (χ1) is 8.54. The molecule has 0 aromatic carbocycles. The van der Waals surface area contributed by atoms with E-state index in [2.05, 4.69) is 27.2 Å². The van der Waals surface area contributed by atoms with E-state index in [1.165, 1.54) is 0 Å². The molecule has 0 aliphatic heterocycles. The second kappa shape index (κ2) is 7.51. The zero-order valence-electron chi connectivity index (χ0n) is 11.5. The van der Waals surface area contributed by atoms with Crippen LogP contribution in [0.25, 0.3) is 0 Å². The Bertz CT molecular complexity index is 387. The number of aromatic nitrogens is 2. The predicted molar refractivity (Wildman–Crippen MR) is 74.4 cm³/mol. The highest BCUT2D eigenvalue weighted by Crippen LogP contribution is 2.19. The van der Waals surface area contributed by atoms with E-state index in [1.54, 1.807) is 7.11 Å². The number of hydrogen-bond donors (Lipinski definition) is 1. The molecule has 0 spiro atoms. The van der Waals surface area contributed by atoms with Crippen molar-refractivity contribution in [2.24, 2.45) is 0 Å². The molecule has 0 atom stereocenters. The average molecular weight is 273 g/mol. The number of anilines is 1. The number of likely N-dealkylation sites (N-methyl/N-ethyl adjacent to an activating group) is 1. The summed E-state index contributed by atoms with van der Waals surface area (Å²) in [5, 5.41) is 3.80. The van der Waals surface area contributed by atoms with Crippen molar-refractivity contribution in [3.05, 3.63) is 16.5 Å². The standard InChI is InChI=1S/C12H21ClN4O/c1-9-11(13)15-10(2)16-12(9)14-5-6-17(3)7-8-18-4/h5-8H2,1-4H3,(H,14,15,16). The van der Waals surface area contributed by atoms with E-state index in [9.17, 15) is 0 Å². The number of hydrogen-bond acceptors (Lipinski definition) is 5. The molecule has 0 radical (unpaired) electrons. The van der Waals surface area contributed by atoms with Crippen molar-refractivity contribution in [3.8, 4) is 0 Å². The highest BCUT2D eigenvalue weighted by Gasteiger charge is 2.07. The van der Waals surface area contributed by atoms with Crippen LogP contribution in [0.3, 0.4) is 0 Å². The van der Waals surface area contributed by atoms with Gasteiger partial charge in [0.2, 0.25) is 0 Å². The van der Waals surface area contributed by atoms with Crippen LogP contribution >= 0.6 is 11.6 Å². The lowest BCUT2D eigenvalue weighted by Crippen LogP contribution is -2.28. The smallest absolute Gasteiger partial charge is 0.137 e. The lowest BCUT2D eigenvalue weighted by Gasteiger charge is -2.17. The van der Waals surface area contributed by atoms with Crippen LogP contribution in [0, 0.1) is 13.8 Å². The molecule has 1 aromatic rings. The van der Waals surface area contributed by atoms with Crippen molar-refractivity contribution in [1.29, 1.82) is 0 Å². The Labute approximate surface area is 114 Å². The fraction of sp³-hybridized carbons (Fsp3) is 0.667. The molecule has 0 fully saturated rings. The molecule has 102 valence electrons. The van der Waals surface area contributed by atoms with Crippen LogP contribution < -0.4 is 5.32 Å². The minimum absolute atomic E-state index is 0.512. The second-order valence-electron chi connectivity index (χ2n) is 4.26. The van der Waals surface area contributed by atoms with Gasteiger partial charge < -0.3 is 15.0 Å². The highest BCUT2D eigenvalue weighted by atomic mass is 35.5. The van der Waals surface area contributed by atoms with Crippen molar-refractivity contribution in [3.63, 3.8) is 0 Å². The maximum Gasteiger partial charge on any atom is 0.137 e. The van der Waals surface area contributed by atoms with E-state index < -0.39 is 0 Å². The van der Waals surface area contributed by atoms with Crippen molar-refractivity contribution in [2.45, 2.75) is 13.8 Å². The number of nitrogens with zero attached hydrogens (tertiary/aromatic N) is 3. The van der Waals surface area contributed by atoms with Crippen LogP contribution in [0.4, 0.5) is 5.82 Å². The molecule has 18 heavy (non-hydrogen) atoms. The Morgan fingerprint density at radius 2 is 2.00 bits per heavy atom. The fourth-order valence-corrected chi connectivity index (χ4v) is 1.70. The van der Waals surface area contributed by atoms with Gasteiger partial charge in [-0.05, 0) is 20.9 Å². The first-order valence-corrected chi connectivity index (χ1v) is 6.34. The number of aryl methyl sites for hydroxylation is 1. The number of methoxy groups -OCH3 is 1. The third-order valence-electron chi connectivity index (χ3n) is 2.66. The van der Waals surface area contributed by atoms with Gasteiger partial charge in [-0.15, -0.1) is 0 Å². The van der Waals surface area contributed by atoms with E-state index in [0.717, 1.165) is 37.6 Å². The van der Waals surface area contributed by atoms with Crippen LogP contribution in [-0.2, 0) is 4.74 Å². The summed E-state index contributed by atoms with van der Waals surface area (Å²) in [6, 6.07) is 0. The molecule has 0 amide bonds. The molecule has 1 heterocycles. The van der Waals surface area contributed by atoms with E-state index in [-0.39, 0.29) is 0 Å². The van der Waals surface area contributed by atoms with E-state index >= 15 is 0 Å². The number of halogens is 1. The van der Waals surface area contributed by atoms with Crippen LogP contribution in [0.5, 0.6) is 0 Å². The molecule has 0 bridgehead atoms. The van der Waals surface area contributed by atoms with E-state index in [4.69, 9.17) is 16.3 Å². The third kappa shape index (κ3) is 4.76. The first-order valence-electron chi connectivity index (χ1n) is 5.96. The maximum atomic E-state index is 6.01. The van der Waals surface area contributed by atoms with Crippen molar-refractivity contribution in [1.82, 2.24) is 14.9 Å². The summed E-state index contributed by atoms with van der Waals surface area (Å²) in [7, 11) is 3.77. The minimum atomic E-state index is 0.512. The van der Waals surface area contributed by atoms with Crippen molar-refractivity contribution < 1.29 is 4.74 Å². The summed E-state index contributed by atoms with van der Waals surface area (Å²) >= 11 is 6.01. The van der Waals surface area contributed by atoms with E-state index in [0.29, 0.717) is 11.0 Å². The third-order valence-corrected chi connectivity index (χ3v) is 3.03. The van der Waals surface area contributed by atoms with Crippen LogP contribution in [0.1, 0.15) is 11.4 Å². The van der Waals surface area contributed by atoms with Gasteiger partial charge in [0.15, 0.2) is 0 Å². The number of nitrogens with one attached hydrogen (secondary N) is 1. The van der Waals surface area contributed by atoms with Gasteiger partial charge in [0.25, 0.3) is 0 Å².